The standard InChI is InChI=1S/C22H27N5/c1-17-9-15-27(16-10-17)14-4-11-24-22-19-5-2-3-6-20(19)25-21(26-22)18-7-12-23-13-8-18/h2-3,5-8,12-13,17H,4,9-11,14-16H2,1H3,(H,24,25,26). The fraction of sp³-hybridized carbons (Fsp3) is 0.409. The number of hydrogen-bond donors (Lipinski definition) is 1. The van der Waals surface area contributed by atoms with Crippen LogP contribution in [0, 0.1) is 5.92 Å². The van der Waals surface area contributed by atoms with Crippen LogP contribution in [-0.4, -0.2) is 46.0 Å². The van der Waals surface area contributed by atoms with Crippen molar-refractivity contribution in [1.29, 1.82) is 0 Å². The van der Waals surface area contributed by atoms with E-state index < -0.39 is 0 Å². The average molecular weight is 361 g/mol. The summed E-state index contributed by atoms with van der Waals surface area (Å²) in [6.07, 6.45) is 7.34. The topological polar surface area (TPSA) is 53.9 Å². The molecule has 27 heavy (non-hydrogen) atoms. The Kier molecular flexibility index (Phi) is 5.58. The van der Waals surface area contributed by atoms with Crippen molar-refractivity contribution >= 4 is 16.7 Å². The molecule has 0 radical (unpaired) electrons. The minimum absolute atomic E-state index is 0.739. The second-order valence-corrected chi connectivity index (χ2v) is 7.45. The van der Waals surface area contributed by atoms with Crippen molar-refractivity contribution in [3.8, 4) is 11.4 Å². The first-order chi connectivity index (χ1) is 13.3. The molecule has 4 rings (SSSR count). The first kappa shape index (κ1) is 17.9. The summed E-state index contributed by atoms with van der Waals surface area (Å²) in [6.45, 7) is 6.91. The zero-order valence-electron chi connectivity index (χ0n) is 15.9. The van der Waals surface area contributed by atoms with Crippen molar-refractivity contribution < 1.29 is 0 Å². The Hall–Kier alpha value is -2.53. The maximum absolute atomic E-state index is 4.80. The van der Waals surface area contributed by atoms with Crippen LogP contribution in [0.25, 0.3) is 22.3 Å². The van der Waals surface area contributed by atoms with Gasteiger partial charge in [0.05, 0.1) is 5.52 Å². The first-order valence-corrected chi connectivity index (χ1v) is 9.93. The molecule has 1 N–H and O–H groups in total. The van der Waals surface area contributed by atoms with Gasteiger partial charge in [-0.05, 0) is 69.1 Å². The van der Waals surface area contributed by atoms with Crippen LogP contribution < -0.4 is 5.32 Å². The fourth-order valence-electron chi connectivity index (χ4n) is 3.64. The summed E-state index contributed by atoms with van der Waals surface area (Å²) in [4.78, 5) is 16.2. The Labute approximate surface area is 160 Å². The normalized spacial score (nSPS) is 15.9. The van der Waals surface area contributed by atoms with E-state index in [-0.39, 0.29) is 0 Å². The van der Waals surface area contributed by atoms with Crippen molar-refractivity contribution in [2.75, 3.05) is 31.5 Å². The molecule has 0 saturated carbocycles. The van der Waals surface area contributed by atoms with E-state index in [1.807, 2.05) is 30.3 Å². The van der Waals surface area contributed by atoms with E-state index in [0.29, 0.717) is 0 Å². The first-order valence-electron chi connectivity index (χ1n) is 9.93. The van der Waals surface area contributed by atoms with Crippen LogP contribution in [0.1, 0.15) is 26.2 Å². The Bertz CT molecular complexity index is 872. The molecule has 3 heterocycles. The molecule has 5 heteroatoms. The molecule has 0 unspecified atom stereocenters. The van der Waals surface area contributed by atoms with Gasteiger partial charge in [-0.3, -0.25) is 4.98 Å². The number of fused-ring (bicyclic) bond motifs is 1. The third-order valence-corrected chi connectivity index (χ3v) is 5.36. The van der Waals surface area contributed by atoms with E-state index >= 15 is 0 Å². The Balaban J connectivity index is 1.45. The highest BCUT2D eigenvalue weighted by Crippen LogP contribution is 2.24. The summed E-state index contributed by atoms with van der Waals surface area (Å²) >= 11 is 0. The van der Waals surface area contributed by atoms with Crippen LogP contribution >= 0.6 is 0 Å². The van der Waals surface area contributed by atoms with E-state index in [0.717, 1.165) is 53.5 Å². The highest BCUT2D eigenvalue weighted by molar-refractivity contribution is 5.90. The van der Waals surface area contributed by atoms with E-state index in [2.05, 4.69) is 28.2 Å². The number of nitrogens with one attached hydrogen (secondary N) is 1. The number of piperidine rings is 1. The minimum atomic E-state index is 0.739. The molecular formula is C22H27N5. The van der Waals surface area contributed by atoms with Crippen molar-refractivity contribution in [3.05, 3.63) is 48.8 Å². The highest BCUT2D eigenvalue weighted by Gasteiger charge is 2.15. The lowest BCUT2D eigenvalue weighted by Crippen LogP contribution is -2.34. The maximum atomic E-state index is 4.80. The molecule has 3 aromatic rings. The minimum Gasteiger partial charge on any atom is -0.369 e. The molecule has 140 valence electrons. The summed E-state index contributed by atoms with van der Waals surface area (Å²) in [5, 5.41) is 4.62. The number of rotatable bonds is 6. The lowest BCUT2D eigenvalue weighted by Gasteiger charge is -2.30. The van der Waals surface area contributed by atoms with E-state index in [4.69, 9.17) is 9.97 Å². The fourth-order valence-corrected chi connectivity index (χ4v) is 3.64. The lowest BCUT2D eigenvalue weighted by molar-refractivity contribution is 0.192. The molecule has 1 aliphatic heterocycles. The molecule has 1 fully saturated rings. The van der Waals surface area contributed by atoms with Gasteiger partial charge in [0.15, 0.2) is 5.82 Å². The van der Waals surface area contributed by atoms with Crippen molar-refractivity contribution in [1.82, 2.24) is 19.9 Å². The largest absolute Gasteiger partial charge is 0.369 e. The number of pyridine rings is 1. The Morgan fingerprint density at radius 2 is 1.81 bits per heavy atom. The zero-order valence-corrected chi connectivity index (χ0v) is 15.9. The lowest BCUT2D eigenvalue weighted by atomic mass is 9.99. The predicted octanol–water partition coefficient (Wildman–Crippen LogP) is 4.23. The molecule has 1 aliphatic rings. The van der Waals surface area contributed by atoms with Gasteiger partial charge in [0.1, 0.15) is 5.82 Å². The van der Waals surface area contributed by atoms with Gasteiger partial charge in [-0.25, -0.2) is 9.97 Å². The highest BCUT2D eigenvalue weighted by atomic mass is 15.1. The summed E-state index contributed by atoms with van der Waals surface area (Å²) in [7, 11) is 0. The van der Waals surface area contributed by atoms with Crippen LogP contribution in [0.5, 0.6) is 0 Å². The average Bonchev–Trinajstić information content (AvgIpc) is 2.73. The van der Waals surface area contributed by atoms with E-state index in [1.165, 1.54) is 25.9 Å². The van der Waals surface area contributed by atoms with Crippen molar-refractivity contribution in [2.45, 2.75) is 26.2 Å². The van der Waals surface area contributed by atoms with Gasteiger partial charge in [-0.1, -0.05) is 19.1 Å². The van der Waals surface area contributed by atoms with Gasteiger partial charge in [0.25, 0.3) is 0 Å². The number of aromatic nitrogens is 3. The third kappa shape index (κ3) is 4.42. The second kappa shape index (κ2) is 8.44. The van der Waals surface area contributed by atoms with Crippen molar-refractivity contribution in [3.63, 3.8) is 0 Å². The molecule has 0 amide bonds. The zero-order chi connectivity index (χ0) is 18.5. The van der Waals surface area contributed by atoms with Crippen LogP contribution in [0.2, 0.25) is 0 Å². The molecular weight excluding hydrogens is 334 g/mol. The molecule has 1 saturated heterocycles. The second-order valence-electron chi connectivity index (χ2n) is 7.45. The van der Waals surface area contributed by atoms with Gasteiger partial charge >= 0.3 is 0 Å². The van der Waals surface area contributed by atoms with Gasteiger partial charge < -0.3 is 10.2 Å². The van der Waals surface area contributed by atoms with Crippen molar-refractivity contribution in [2.24, 2.45) is 5.92 Å². The summed E-state index contributed by atoms with van der Waals surface area (Å²) in [5.41, 5.74) is 1.95. The number of nitrogens with zero attached hydrogens (tertiary/aromatic N) is 4. The van der Waals surface area contributed by atoms with Gasteiger partial charge in [-0.15, -0.1) is 0 Å². The SMILES string of the molecule is CC1CCN(CCCNc2nc(-c3ccncc3)nc3ccccc23)CC1. The molecule has 2 aromatic heterocycles. The summed E-state index contributed by atoms with van der Waals surface area (Å²) in [5.74, 6) is 2.54. The number of anilines is 1. The Morgan fingerprint density at radius 1 is 1.04 bits per heavy atom. The number of para-hydroxylation sites is 1. The predicted molar refractivity (Wildman–Crippen MR) is 111 cm³/mol. The maximum Gasteiger partial charge on any atom is 0.162 e. The smallest absolute Gasteiger partial charge is 0.162 e. The molecule has 0 aliphatic carbocycles. The number of benzene rings is 1. The quantitative estimate of drug-likeness (QED) is 0.666. The number of hydrogen-bond acceptors (Lipinski definition) is 5. The monoisotopic (exact) mass is 361 g/mol. The molecule has 0 spiro atoms. The molecule has 0 bridgehead atoms. The van der Waals surface area contributed by atoms with Gasteiger partial charge in [-0.2, -0.15) is 0 Å². The third-order valence-electron chi connectivity index (χ3n) is 5.36. The molecule has 0 atom stereocenters. The Morgan fingerprint density at radius 3 is 2.63 bits per heavy atom. The molecule has 1 aromatic carbocycles. The van der Waals surface area contributed by atoms with E-state index in [9.17, 15) is 0 Å². The van der Waals surface area contributed by atoms with Crippen LogP contribution in [0.3, 0.4) is 0 Å². The van der Waals surface area contributed by atoms with Crippen LogP contribution in [-0.2, 0) is 0 Å². The number of likely N-dealkylation sites (tertiary alicyclic amines) is 1. The van der Waals surface area contributed by atoms with Gasteiger partial charge in [0.2, 0.25) is 0 Å². The summed E-state index contributed by atoms with van der Waals surface area (Å²) < 4.78 is 0. The van der Waals surface area contributed by atoms with E-state index in [1.54, 1.807) is 12.4 Å². The summed E-state index contributed by atoms with van der Waals surface area (Å²) in [6, 6.07) is 12.1. The van der Waals surface area contributed by atoms with Crippen LogP contribution in [0.15, 0.2) is 48.8 Å². The van der Waals surface area contributed by atoms with Crippen LogP contribution in [0.4, 0.5) is 5.82 Å². The molecule has 5 nitrogen and oxygen atoms in total. The van der Waals surface area contributed by atoms with Gasteiger partial charge in [0, 0.05) is 29.9 Å².